The Labute approximate surface area is 116 Å². The summed E-state index contributed by atoms with van der Waals surface area (Å²) >= 11 is 0. The molecule has 3 rings (SSSR count). The highest BCUT2D eigenvalue weighted by molar-refractivity contribution is 5.96. The van der Waals surface area contributed by atoms with Crippen LogP contribution in [0, 0.1) is 0 Å². The normalized spacial score (nSPS) is 16.4. The van der Waals surface area contributed by atoms with E-state index in [1.807, 2.05) is 30.3 Å². The molecule has 0 radical (unpaired) electrons. The first kappa shape index (κ1) is 12.8. The monoisotopic (exact) mass is 272 g/mol. The van der Waals surface area contributed by atoms with E-state index in [-0.39, 0.29) is 0 Å². The largest absolute Gasteiger partial charge is 0.380 e. The number of hydrogen-bond donors (Lipinski definition) is 2. The molecule has 2 N–H and O–H groups in total. The summed E-state index contributed by atoms with van der Waals surface area (Å²) < 4.78 is 1.65. The van der Waals surface area contributed by atoms with Crippen LogP contribution in [-0.4, -0.2) is 31.6 Å². The van der Waals surface area contributed by atoms with Crippen LogP contribution in [0.1, 0.15) is 24.8 Å². The number of amides is 1. The van der Waals surface area contributed by atoms with Gasteiger partial charge in [0.15, 0.2) is 5.82 Å². The van der Waals surface area contributed by atoms with E-state index in [0.29, 0.717) is 25.2 Å². The van der Waals surface area contributed by atoms with Crippen molar-refractivity contribution >= 4 is 11.7 Å². The van der Waals surface area contributed by atoms with Crippen LogP contribution >= 0.6 is 0 Å². The number of aromatic nitrogens is 3. The minimum atomic E-state index is -1.22. The molecule has 0 saturated heterocycles. The van der Waals surface area contributed by atoms with Gasteiger partial charge in [-0.15, -0.1) is 5.10 Å². The molecule has 1 aromatic heterocycles. The minimum Gasteiger partial charge on any atom is -0.380 e. The number of nitrogens with one attached hydrogen (secondary N) is 1. The van der Waals surface area contributed by atoms with Gasteiger partial charge < -0.3 is 10.4 Å². The van der Waals surface area contributed by atoms with Gasteiger partial charge in [-0.2, -0.15) is 0 Å². The molecule has 1 aliphatic carbocycles. The van der Waals surface area contributed by atoms with E-state index >= 15 is 0 Å². The molecule has 0 spiro atoms. The first-order chi connectivity index (χ1) is 9.66. The summed E-state index contributed by atoms with van der Waals surface area (Å²) in [5, 5.41) is 20.4. The second-order valence-electron chi connectivity index (χ2n) is 5.13. The topological polar surface area (TPSA) is 80.0 Å². The van der Waals surface area contributed by atoms with Gasteiger partial charge in [-0.1, -0.05) is 35.5 Å². The highest BCUT2D eigenvalue weighted by Gasteiger charge is 2.42. The fraction of sp³-hybridized carbons (Fsp3) is 0.357. The third kappa shape index (κ3) is 2.55. The fourth-order valence-corrected chi connectivity index (χ4v) is 2.17. The number of rotatable bonds is 4. The Balaban J connectivity index is 1.63. The summed E-state index contributed by atoms with van der Waals surface area (Å²) in [7, 11) is 0. The van der Waals surface area contributed by atoms with Crippen LogP contribution in [0.5, 0.6) is 0 Å². The molecule has 1 heterocycles. The molecule has 6 heteroatoms. The van der Waals surface area contributed by atoms with Crippen LogP contribution in [0.4, 0.5) is 5.82 Å². The van der Waals surface area contributed by atoms with Gasteiger partial charge in [0, 0.05) is 0 Å². The zero-order valence-electron chi connectivity index (χ0n) is 11.0. The van der Waals surface area contributed by atoms with Crippen molar-refractivity contribution in [1.82, 2.24) is 15.0 Å². The molecule has 0 bridgehead atoms. The summed E-state index contributed by atoms with van der Waals surface area (Å²) in [6, 6.07) is 9.87. The number of carbonyl (C=O) groups is 1. The first-order valence-corrected chi connectivity index (χ1v) is 6.64. The van der Waals surface area contributed by atoms with Crippen LogP contribution in [0.25, 0.3) is 0 Å². The van der Waals surface area contributed by atoms with Crippen molar-refractivity contribution in [3.8, 4) is 0 Å². The lowest BCUT2D eigenvalue weighted by Crippen LogP contribution is -2.48. The number of aliphatic hydroxyl groups is 1. The average Bonchev–Trinajstić information content (AvgIpc) is 2.84. The highest BCUT2D eigenvalue weighted by atomic mass is 16.3. The van der Waals surface area contributed by atoms with Crippen molar-refractivity contribution in [3.63, 3.8) is 0 Å². The maximum Gasteiger partial charge on any atom is 0.257 e. The maximum absolute atomic E-state index is 11.8. The average molecular weight is 272 g/mol. The minimum absolute atomic E-state index is 0.367. The Hall–Kier alpha value is -2.21. The maximum atomic E-state index is 11.8. The summed E-state index contributed by atoms with van der Waals surface area (Å²) in [5.74, 6) is -0.0261. The number of benzene rings is 1. The second-order valence-corrected chi connectivity index (χ2v) is 5.13. The van der Waals surface area contributed by atoms with E-state index in [1.165, 1.54) is 0 Å². The molecule has 1 aromatic carbocycles. The SMILES string of the molecule is O=C(Nc1cn(Cc2ccccc2)nn1)C1(O)CCC1. The zero-order valence-corrected chi connectivity index (χ0v) is 11.0. The van der Waals surface area contributed by atoms with E-state index in [2.05, 4.69) is 15.6 Å². The van der Waals surface area contributed by atoms with E-state index in [1.54, 1.807) is 10.9 Å². The molecule has 1 saturated carbocycles. The lowest BCUT2D eigenvalue weighted by molar-refractivity contribution is -0.142. The van der Waals surface area contributed by atoms with E-state index < -0.39 is 11.5 Å². The van der Waals surface area contributed by atoms with Gasteiger partial charge in [0.25, 0.3) is 5.91 Å². The highest BCUT2D eigenvalue weighted by Crippen LogP contribution is 2.32. The third-order valence-electron chi connectivity index (χ3n) is 3.57. The lowest BCUT2D eigenvalue weighted by Gasteiger charge is -2.34. The standard InChI is InChI=1S/C14H16N4O2/c19-13(14(20)7-4-8-14)15-12-10-18(17-16-12)9-11-5-2-1-3-6-11/h1-3,5-6,10,20H,4,7-9H2,(H,15,19). The molecule has 1 aliphatic rings. The van der Waals surface area contributed by atoms with Crippen LogP contribution in [0.3, 0.4) is 0 Å². The summed E-state index contributed by atoms with van der Waals surface area (Å²) in [4.78, 5) is 11.8. The van der Waals surface area contributed by atoms with Crippen molar-refractivity contribution in [2.75, 3.05) is 5.32 Å². The second kappa shape index (κ2) is 5.05. The van der Waals surface area contributed by atoms with Gasteiger partial charge >= 0.3 is 0 Å². The number of carbonyl (C=O) groups excluding carboxylic acids is 1. The van der Waals surface area contributed by atoms with Crippen molar-refractivity contribution in [3.05, 3.63) is 42.1 Å². The first-order valence-electron chi connectivity index (χ1n) is 6.64. The molecule has 6 nitrogen and oxygen atoms in total. The molecule has 104 valence electrons. The van der Waals surface area contributed by atoms with Gasteiger partial charge in [-0.3, -0.25) is 4.79 Å². The quantitative estimate of drug-likeness (QED) is 0.876. The van der Waals surface area contributed by atoms with E-state index in [4.69, 9.17) is 0 Å². The molecular formula is C14H16N4O2. The van der Waals surface area contributed by atoms with Gasteiger partial charge in [0.2, 0.25) is 0 Å². The Morgan fingerprint density at radius 1 is 1.35 bits per heavy atom. The van der Waals surface area contributed by atoms with Gasteiger partial charge in [-0.25, -0.2) is 4.68 Å². The Kier molecular flexibility index (Phi) is 3.23. The Morgan fingerprint density at radius 3 is 2.75 bits per heavy atom. The fourth-order valence-electron chi connectivity index (χ4n) is 2.17. The van der Waals surface area contributed by atoms with E-state index in [9.17, 15) is 9.90 Å². The van der Waals surface area contributed by atoms with Crippen LogP contribution in [-0.2, 0) is 11.3 Å². The summed E-state index contributed by atoms with van der Waals surface area (Å²) in [6.45, 7) is 0.591. The molecule has 1 amide bonds. The molecule has 0 aliphatic heterocycles. The van der Waals surface area contributed by atoms with Crippen LogP contribution < -0.4 is 5.32 Å². The summed E-state index contributed by atoms with van der Waals surface area (Å²) in [5.41, 5.74) is -0.115. The smallest absolute Gasteiger partial charge is 0.257 e. The van der Waals surface area contributed by atoms with Crippen molar-refractivity contribution in [1.29, 1.82) is 0 Å². The van der Waals surface area contributed by atoms with Crippen LogP contribution in [0.15, 0.2) is 36.5 Å². The van der Waals surface area contributed by atoms with Gasteiger partial charge in [0.05, 0.1) is 12.7 Å². The number of nitrogens with zero attached hydrogens (tertiary/aromatic N) is 3. The summed E-state index contributed by atoms with van der Waals surface area (Å²) in [6.07, 6.45) is 3.56. The molecule has 1 fully saturated rings. The molecule has 0 atom stereocenters. The zero-order chi connectivity index (χ0) is 14.0. The molecule has 2 aromatic rings. The van der Waals surface area contributed by atoms with Crippen molar-refractivity contribution in [2.24, 2.45) is 0 Å². The predicted molar refractivity (Wildman–Crippen MR) is 73.0 cm³/mol. The molecule has 0 unspecified atom stereocenters. The Bertz CT molecular complexity index is 605. The van der Waals surface area contributed by atoms with Crippen molar-refractivity contribution in [2.45, 2.75) is 31.4 Å². The Morgan fingerprint density at radius 2 is 2.10 bits per heavy atom. The molecule has 20 heavy (non-hydrogen) atoms. The van der Waals surface area contributed by atoms with Crippen LogP contribution in [0.2, 0.25) is 0 Å². The van der Waals surface area contributed by atoms with Gasteiger partial charge in [-0.05, 0) is 24.8 Å². The number of anilines is 1. The third-order valence-corrected chi connectivity index (χ3v) is 3.57. The number of hydrogen-bond acceptors (Lipinski definition) is 4. The van der Waals surface area contributed by atoms with E-state index in [0.717, 1.165) is 12.0 Å². The van der Waals surface area contributed by atoms with Crippen molar-refractivity contribution < 1.29 is 9.90 Å². The predicted octanol–water partition coefficient (Wildman–Crippen LogP) is 1.18. The molecular weight excluding hydrogens is 256 g/mol. The van der Waals surface area contributed by atoms with Gasteiger partial charge in [0.1, 0.15) is 5.60 Å². The lowest BCUT2D eigenvalue weighted by atomic mass is 9.79.